The number of rotatable bonds is 8. The van der Waals surface area contributed by atoms with Crippen molar-refractivity contribution in [1.29, 1.82) is 0 Å². The molecule has 1 aliphatic heterocycles. The molecule has 1 radical (unpaired) electrons. The lowest BCUT2D eigenvalue weighted by molar-refractivity contribution is -0.141. The maximum atomic E-state index is 11.6. The quantitative estimate of drug-likeness (QED) is 0.328. The Labute approximate surface area is 154 Å². The Morgan fingerprint density at radius 1 is 1.44 bits per heavy atom. The topological polar surface area (TPSA) is 55.8 Å². The van der Waals surface area contributed by atoms with Crippen molar-refractivity contribution in [2.24, 2.45) is 11.8 Å². The van der Waals surface area contributed by atoms with E-state index in [2.05, 4.69) is 21.3 Å². The third-order valence-electron chi connectivity index (χ3n) is 4.97. The molecule has 2 aliphatic rings. The summed E-state index contributed by atoms with van der Waals surface area (Å²) in [6.45, 7) is 1.93. The maximum absolute atomic E-state index is 11.6. The zero-order valence-electron chi connectivity index (χ0n) is 14.1. The predicted octanol–water partition coefficient (Wildman–Crippen LogP) is 2.88. The number of fused-ring (bicyclic) bond motifs is 1. The monoisotopic (exact) mass is 377 g/mol. The average Bonchev–Trinajstić information content (AvgIpc) is 3.13. The highest BCUT2D eigenvalue weighted by Crippen LogP contribution is 2.45. The summed E-state index contributed by atoms with van der Waals surface area (Å²) in [7, 11) is 2.87. The fourth-order valence-electron chi connectivity index (χ4n) is 3.73. The minimum atomic E-state index is -0.492. The molecule has 0 aromatic heterocycles. The average molecular weight is 377 g/mol. The van der Waals surface area contributed by atoms with Crippen LogP contribution in [-0.2, 0) is 20.5 Å². The van der Waals surface area contributed by atoms with Crippen LogP contribution < -0.4 is 0 Å². The molecule has 0 amide bonds. The van der Waals surface area contributed by atoms with Crippen LogP contribution >= 0.6 is 17.8 Å². The van der Waals surface area contributed by atoms with Crippen LogP contribution in [0.2, 0.25) is 0 Å². The van der Waals surface area contributed by atoms with Crippen LogP contribution in [-0.4, -0.2) is 36.1 Å². The standard InChI is InChI=1S/C18H24BO4P2/c20-13(7-6-12-4-2-1-3-5-12)8-9-14-15-10-18(21)22-16(15)11-17(14)23-25-19-24/h1-5,8-9,13-17,20,25H,6-7,10-11,24H2/b9-8+/t13-,14+,15+,16-,17+/m0/s1. The molecule has 3 rings (SSSR count). The maximum Gasteiger partial charge on any atom is 0.306 e. The summed E-state index contributed by atoms with van der Waals surface area (Å²) in [5, 5.41) is 10.3. The van der Waals surface area contributed by atoms with Crippen molar-refractivity contribution in [2.45, 2.75) is 44.0 Å². The Kier molecular flexibility index (Phi) is 7.07. The van der Waals surface area contributed by atoms with E-state index in [1.165, 1.54) is 5.56 Å². The summed E-state index contributed by atoms with van der Waals surface area (Å²) in [6, 6.07) is 10.2. The molecule has 1 aromatic rings. The number of hydrogen-bond donors (Lipinski definition) is 1. The fraction of sp³-hybridized carbons (Fsp3) is 0.500. The molecule has 1 aliphatic carbocycles. The number of carbonyl (C=O) groups excluding carboxylic acids is 1. The van der Waals surface area contributed by atoms with E-state index in [1.54, 1.807) is 0 Å². The molecule has 2 unspecified atom stereocenters. The van der Waals surface area contributed by atoms with Gasteiger partial charge in [-0.25, -0.2) is 0 Å². The Morgan fingerprint density at radius 3 is 3.00 bits per heavy atom. The summed E-state index contributed by atoms with van der Waals surface area (Å²) in [5.41, 5.74) is 1.23. The zero-order valence-corrected chi connectivity index (χ0v) is 16.2. The number of aryl methyl sites for hydroxylation is 1. The molecule has 1 N–H and O–H groups in total. The minimum Gasteiger partial charge on any atom is -0.462 e. The first-order valence-corrected chi connectivity index (χ1v) is 10.4. The van der Waals surface area contributed by atoms with Crippen LogP contribution in [0.1, 0.15) is 24.8 Å². The molecule has 133 valence electrons. The molecular formula is C18H24BO4P2. The van der Waals surface area contributed by atoms with Gasteiger partial charge in [0.25, 0.3) is 0 Å². The highest BCUT2D eigenvalue weighted by molar-refractivity contribution is 7.92. The Hall–Kier alpha value is -0.725. The molecule has 7 heteroatoms. The molecule has 1 saturated heterocycles. The summed E-state index contributed by atoms with van der Waals surface area (Å²) >= 11 is 0. The first-order chi connectivity index (χ1) is 12.2. The Morgan fingerprint density at radius 2 is 2.24 bits per heavy atom. The second kappa shape index (κ2) is 9.28. The van der Waals surface area contributed by atoms with Crippen LogP contribution in [0.15, 0.2) is 42.5 Å². The number of carbonyl (C=O) groups is 1. The van der Waals surface area contributed by atoms with Gasteiger partial charge in [-0.1, -0.05) is 42.5 Å². The zero-order chi connectivity index (χ0) is 17.6. The lowest BCUT2D eigenvalue weighted by Gasteiger charge is -2.20. The first kappa shape index (κ1) is 19.0. The molecule has 2 fully saturated rings. The van der Waals surface area contributed by atoms with E-state index < -0.39 is 6.10 Å². The second-order valence-corrected chi connectivity index (χ2v) is 8.43. The number of aliphatic hydroxyl groups is 1. The largest absolute Gasteiger partial charge is 0.462 e. The van der Waals surface area contributed by atoms with Gasteiger partial charge in [0.15, 0.2) is 0 Å². The Bertz CT molecular complexity index is 598. The minimum absolute atomic E-state index is 0.0390. The third kappa shape index (κ3) is 5.14. The highest BCUT2D eigenvalue weighted by atomic mass is 31.1. The predicted molar refractivity (Wildman–Crippen MR) is 105 cm³/mol. The van der Waals surface area contributed by atoms with Crippen LogP contribution in [0.4, 0.5) is 0 Å². The number of benzene rings is 1. The van der Waals surface area contributed by atoms with Gasteiger partial charge in [0.05, 0.1) is 18.6 Å². The molecule has 4 nitrogen and oxygen atoms in total. The van der Waals surface area contributed by atoms with Gasteiger partial charge in [0.2, 0.25) is 6.72 Å². The Balaban J connectivity index is 1.57. The third-order valence-corrected chi connectivity index (χ3v) is 5.95. The van der Waals surface area contributed by atoms with Crippen LogP contribution in [0, 0.1) is 11.8 Å². The molecule has 0 bridgehead atoms. The molecule has 1 heterocycles. The van der Waals surface area contributed by atoms with E-state index in [9.17, 15) is 9.90 Å². The van der Waals surface area contributed by atoms with E-state index in [0.717, 1.165) is 12.8 Å². The SMILES string of the molecule is O=C1C[C@@H]2[C@@H](/C=C/[C@@H](O)CCc3ccccc3)[C@H](OP[B]P)C[C@@H]2O1. The smallest absolute Gasteiger partial charge is 0.306 e. The first-order valence-electron chi connectivity index (χ1n) is 8.71. The van der Waals surface area contributed by atoms with Gasteiger partial charge in [-0.15, -0.1) is 0 Å². The van der Waals surface area contributed by atoms with E-state index in [-0.39, 0.29) is 30.0 Å². The summed E-state index contributed by atoms with van der Waals surface area (Å²) in [4.78, 5) is 11.6. The number of aliphatic hydroxyl groups excluding tert-OH is 1. The summed E-state index contributed by atoms with van der Waals surface area (Å²) in [6.07, 6.45) is 6.15. The number of hydrogen-bond acceptors (Lipinski definition) is 4. The normalized spacial score (nSPS) is 30.1. The van der Waals surface area contributed by atoms with Gasteiger partial charge in [-0.3, -0.25) is 4.79 Å². The van der Waals surface area contributed by atoms with Gasteiger partial charge in [0.1, 0.15) is 6.10 Å². The van der Waals surface area contributed by atoms with Crippen LogP contribution in [0.5, 0.6) is 0 Å². The molecule has 25 heavy (non-hydrogen) atoms. The van der Waals surface area contributed by atoms with Gasteiger partial charge in [-0.05, 0) is 27.1 Å². The van der Waals surface area contributed by atoms with Crippen molar-refractivity contribution in [3.63, 3.8) is 0 Å². The molecule has 1 aromatic carbocycles. The van der Waals surface area contributed by atoms with Crippen molar-refractivity contribution in [1.82, 2.24) is 0 Å². The number of esters is 1. The molecular weight excluding hydrogens is 353 g/mol. The van der Waals surface area contributed by atoms with Crippen molar-refractivity contribution < 1.29 is 19.2 Å². The van der Waals surface area contributed by atoms with Crippen molar-refractivity contribution in [2.75, 3.05) is 0 Å². The van der Waals surface area contributed by atoms with E-state index in [4.69, 9.17) is 9.26 Å². The van der Waals surface area contributed by atoms with Gasteiger partial charge < -0.3 is 14.4 Å². The number of ether oxygens (including phenoxy) is 1. The fourth-order valence-corrected chi connectivity index (χ4v) is 4.47. The molecule has 7 atom stereocenters. The van der Waals surface area contributed by atoms with Crippen molar-refractivity contribution in [3.05, 3.63) is 48.0 Å². The van der Waals surface area contributed by atoms with Crippen molar-refractivity contribution >= 4 is 30.5 Å². The van der Waals surface area contributed by atoms with E-state index in [0.29, 0.717) is 21.5 Å². The highest BCUT2D eigenvalue weighted by Gasteiger charge is 2.49. The van der Waals surface area contributed by atoms with Crippen molar-refractivity contribution in [3.8, 4) is 0 Å². The molecule has 0 spiro atoms. The summed E-state index contributed by atoms with van der Waals surface area (Å²) in [5.74, 6) is 0.182. The summed E-state index contributed by atoms with van der Waals surface area (Å²) < 4.78 is 11.3. The molecule has 1 saturated carbocycles. The van der Waals surface area contributed by atoms with Crippen LogP contribution in [0.25, 0.3) is 0 Å². The van der Waals surface area contributed by atoms with Gasteiger partial charge >= 0.3 is 5.97 Å². The lowest BCUT2D eigenvalue weighted by Crippen LogP contribution is -2.20. The van der Waals surface area contributed by atoms with E-state index >= 15 is 0 Å². The second-order valence-electron chi connectivity index (χ2n) is 6.63. The van der Waals surface area contributed by atoms with Gasteiger partial charge in [0, 0.05) is 18.3 Å². The van der Waals surface area contributed by atoms with Gasteiger partial charge in [-0.2, -0.15) is 9.12 Å². The lowest BCUT2D eigenvalue weighted by atomic mass is 9.91. The van der Waals surface area contributed by atoms with E-state index in [1.807, 2.05) is 37.1 Å². The van der Waals surface area contributed by atoms with Crippen LogP contribution in [0.3, 0.4) is 0 Å².